The number of aliphatic carboxylic acids is 1. The molecule has 1 saturated carbocycles. The van der Waals surface area contributed by atoms with Crippen molar-refractivity contribution in [2.24, 2.45) is 0 Å². The predicted octanol–water partition coefficient (Wildman–Crippen LogP) is 1.67. The van der Waals surface area contributed by atoms with E-state index in [-0.39, 0.29) is 12.5 Å². The van der Waals surface area contributed by atoms with Gasteiger partial charge in [0.15, 0.2) is 0 Å². The van der Waals surface area contributed by atoms with E-state index in [4.69, 9.17) is 5.11 Å². The van der Waals surface area contributed by atoms with Gasteiger partial charge in [-0.25, -0.2) is 4.79 Å². The Balaban J connectivity index is 1.87. The highest BCUT2D eigenvalue weighted by atomic mass is 16.4. The van der Waals surface area contributed by atoms with Gasteiger partial charge in [0.25, 0.3) is 0 Å². The number of nitrogens with one attached hydrogen (secondary N) is 2. The van der Waals surface area contributed by atoms with Crippen molar-refractivity contribution in [3.05, 3.63) is 30.1 Å². The molecular formula is C14H19N3O3. The Kier molecular flexibility index (Phi) is 4.55. The average Bonchev–Trinajstić information content (AvgIpc) is 2.85. The summed E-state index contributed by atoms with van der Waals surface area (Å²) < 4.78 is 0. The molecule has 3 N–H and O–H groups in total. The molecule has 1 aromatic rings. The molecule has 0 saturated heterocycles. The van der Waals surface area contributed by atoms with Crippen LogP contribution in [0, 0.1) is 0 Å². The summed E-state index contributed by atoms with van der Waals surface area (Å²) in [6.45, 7) is 0.329. The fraction of sp³-hybridized carbons (Fsp3) is 0.500. The third-order valence-corrected chi connectivity index (χ3v) is 3.59. The highest BCUT2D eigenvalue weighted by molar-refractivity contribution is 5.76. The average molecular weight is 277 g/mol. The zero-order chi connectivity index (χ0) is 14.4. The third kappa shape index (κ3) is 3.94. The van der Waals surface area contributed by atoms with Crippen molar-refractivity contribution in [2.45, 2.75) is 44.2 Å². The molecule has 1 heterocycles. The zero-order valence-corrected chi connectivity index (χ0v) is 11.3. The number of rotatable bonds is 5. The summed E-state index contributed by atoms with van der Waals surface area (Å²) in [7, 11) is 0. The minimum absolute atomic E-state index is 0.0238. The van der Waals surface area contributed by atoms with E-state index in [1.807, 2.05) is 18.2 Å². The highest BCUT2D eigenvalue weighted by Crippen LogP contribution is 2.32. The quantitative estimate of drug-likeness (QED) is 0.763. The monoisotopic (exact) mass is 277 g/mol. The second-order valence-corrected chi connectivity index (χ2v) is 5.19. The van der Waals surface area contributed by atoms with E-state index in [0.29, 0.717) is 6.54 Å². The number of urea groups is 1. The number of carbonyl (C=O) groups is 2. The molecule has 1 aromatic heterocycles. The predicted molar refractivity (Wildman–Crippen MR) is 73.1 cm³/mol. The molecule has 0 aliphatic heterocycles. The Hall–Kier alpha value is -2.11. The number of carboxylic acids is 1. The highest BCUT2D eigenvalue weighted by Gasteiger charge is 2.37. The number of carboxylic acid groups (broad SMARTS) is 1. The van der Waals surface area contributed by atoms with Gasteiger partial charge in [-0.3, -0.25) is 9.78 Å². The van der Waals surface area contributed by atoms with E-state index in [2.05, 4.69) is 15.6 Å². The summed E-state index contributed by atoms with van der Waals surface area (Å²) in [5.41, 5.74) is 0.168. The second-order valence-electron chi connectivity index (χ2n) is 5.19. The SMILES string of the molecule is O=C(O)CC1(NC(=O)NCc2ccccn2)CCCC1. The minimum atomic E-state index is -0.878. The van der Waals surface area contributed by atoms with Gasteiger partial charge >= 0.3 is 12.0 Å². The van der Waals surface area contributed by atoms with Crippen LogP contribution in [0.25, 0.3) is 0 Å². The fourth-order valence-electron chi connectivity index (χ4n) is 2.65. The fourth-order valence-corrected chi connectivity index (χ4v) is 2.65. The lowest BCUT2D eigenvalue weighted by atomic mass is 9.93. The number of carbonyl (C=O) groups excluding carboxylic acids is 1. The van der Waals surface area contributed by atoms with Gasteiger partial charge < -0.3 is 15.7 Å². The van der Waals surface area contributed by atoms with Gasteiger partial charge in [-0.05, 0) is 25.0 Å². The summed E-state index contributed by atoms with van der Waals surface area (Å²) in [5, 5.41) is 14.5. The van der Waals surface area contributed by atoms with Crippen molar-refractivity contribution in [3.8, 4) is 0 Å². The van der Waals surface area contributed by atoms with Crippen molar-refractivity contribution < 1.29 is 14.7 Å². The lowest BCUT2D eigenvalue weighted by Gasteiger charge is -2.28. The normalized spacial score (nSPS) is 16.6. The van der Waals surface area contributed by atoms with Crippen LogP contribution in [0.4, 0.5) is 4.79 Å². The van der Waals surface area contributed by atoms with E-state index in [0.717, 1.165) is 31.4 Å². The number of amides is 2. The lowest BCUT2D eigenvalue weighted by molar-refractivity contribution is -0.138. The van der Waals surface area contributed by atoms with Gasteiger partial charge in [0.1, 0.15) is 0 Å². The van der Waals surface area contributed by atoms with Crippen LogP contribution in [-0.4, -0.2) is 27.6 Å². The molecule has 0 atom stereocenters. The molecule has 1 fully saturated rings. The van der Waals surface area contributed by atoms with E-state index < -0.39 is 11.5 Å². The standard InChI is InChI=1S/C14H19N3O3/c18-12(19)9-14(6-2-3-7-14)17-13(20)16-10-11-5-1-4-8-15-11/h1,4-5,8H,2-3,6-7,9-10H2,(H,18,19)(H2,16,17,20). The molecule has 0 aromatic carbocycles. The van der Waals surface area contributed by atoms with Gasteiger partial charge in [0.05, 0.1) is 24.2 Å². The van der Waals surface area contributed by atoms with Crippen LogP contribution in [0.3, 0.4) is 0 Å². The number of pyridine rings is 1. The van der Waals surface area contributed by atoms with Crippen LogP contribution >= 0.6 is 0 Å². The molecule has 0 radical (unpaired) electrons. The van der Waals surface area contributed by atoms with Crippen LogP contribution in [0.1, 0.15) is 37.8 Å². The van der Waals surface area contributed by atoms with Gasteiger partial charge in [-0.1, -0.05) is 18.9 Å². The van der Waals surface area contributed by atoms with Gasteiger partial charge in [0.2, 0.25) is 0 Å². The summed E-state index contributed by atoms with van der Waals surface area (Å²) in [6.07, 6.45) is 4.98. The number of aromatic nitrogens is 1. The molecule has 2 rings (SSSR count). The molecule has 6 heteroatoms. The van der Waals surface area contributed by atoms with E-state index in [1.165, 1.54) is 0 Å². The molecule has 1 aliphatic carbocycles. The molecule has 0 unspecified atom stereocenters. The summed E-state index contributed by atoms with van der Waals surface area (Å²) in [5.74, 6) is -0.878. The summed E-state index contributed by atoms with van der Waals surface area (Å²) in [6, 6.07) is 5.15. The van der Waals surface area contributed by atoms with Gasteiger partial charge in [0, 0.05) is 6.20 Å². The summed E-state index contributed by atoms with van der Waals surface area (Å²) in [4.78, 5) is 27.0. The third-order valence-electron chi connectivity index (χ3n) is 3.59. The van der Waals surface area contributed by atoms with Crippen molar-refractivity contribution >= 4 is 12.0 Å². The summed E-state index contributed by atoms with van der Waals surface area (Å²) >= 11 is 0. The molecule has 20 heavy (non-hydrogen) atoms. The van der Waals surface area contributed by atoms with Crippen molar-refractivity contribution in [2.75, 3.05) is 0 Å². The van der Waals surface area contributed by atoms with Crippen LogP contribution in [0.15, 0.2) is 24.4 Å². The first kappa shape index (κ1) is 14.3. The molecule has 2 amide bonds. The Bertz CT molecular complexity index is 470. The Labute approximate surface area is 117 Å². The largest absolute Gasteiger partial charge is 0.481 e. The van der Waals surface area contributed by atoms with Crippen LogP contribution in [0.2, 0.25) is 0 Å². The van der Waals surface area contributed by atoms with E-state index >= 15 is 0 Å². The van der Waals surface area contributed by atoms with Crippen molar-refractivity contribution in [3.63, 3.8) is 0 Å². The molecule has 1 aliphatic rings. The topological polar surface area (TPSA) is 91.3 Å². The first-order valence-electron chi connectivity index (χ1n) is 6.77. The Morgan fingerprint density at radius 1 is 1.30 bits per heavy atom. The van der Waals surface area contributed by atoms with Crippen LogP contribution in [0.5, 0.6) is 0 Å². The molecule has 0 spiro atoms. The van der Waals surface area contributed by atoms with E-state index in [9.17, 15) is 9.59 Å². The van der Waals surface area contributed by atoms with Gasteiger partial charge in [-0.15, -0.1) is 0 Å². The molecule has 0 bridgehead atoms. The first-order valence-corrected chi connectivity index (χ1v) is 6.77. The molecular weight excluding hydrogens is 258 g/mol. The molecule has 6 nitrogen and oxygen atoms in total. The smallest absolute Gasteiger partial charge is 0.315 e. The van der Waals surface area contributed by atoms with Crippen LogP contribution < -0.4 is 10.6 Å². The zero-order valence-electron chi connectivity index (χ0n) is 11.3. The molecule has 108 valence electrons. The maximum Gasteiger partial charge on any atom is 0.315 e. The Morgan fingerprint density at radius 3 is 2.65 bits per heavy atom. The first-order chi connectivity index (χ1) is 9.60. The van der Waals surface area contributed by atoms with Crippen LogP contribution in [-0.2, 0) is 11.3 Å². The van der Waals surface area contributed by atoms with Crippen molar-refractivity contribution in [1.82, 2.24) is 15.6 Å². The maximum atomic E-state index is 11.9. The number of hydrogen-bond donors (Lipinski definition) is 3. The van der Waals surface area contributed by atoms with Gasteiger partial charge in [-0.2, -0.15) is 0 Å². The minimum Gasteiger partial charge on any atom is -0.481 e. The van der Waals surface area contributed by atoms with Crippen molar-refractivity contribution in [1.29, 1.82) is 0 Å². The number of hydrogen-bond acceptors (Lipinski definition) is 3. The lowest BCUT2D eigenvalue weighted by Crippen LogP contribution is -2.51. The Morgan fingerprint density at radius 2 is 2.05 bits per heavy atom. The van der Waals surface area contributed by atoms with E-state index in [1.54, 1.807) is 6.20 Å². The second kappa shape index (κ2) is 6.36. The number of nitrogens with zero attached hydrogens (tertiary/aromatic N) is 1. The maximum absolute atomic E-state index is 11.9.